The van der Waals surface area contributed by atoms with E-state index < -0.39 is 35.3 Å². The van der Waals surface area contributed by atoms with Crippen molar-refractivity contribution >= 4 is 17.6 Å². The predicted octanol–water partition coefficient (Wildman–Crippen LogP) is 2.45. The second kappa shape index (κ2) is 6.33. The zero-order chi connectivity index (χ0) is 16.3. The van der Waals surface area contributed by atoms with Crippen LogP contribution in [0.4, 0.5) is 14.5 Å². The van der Waals surface area contributed by atoms with Gasteiger partial charge in [-0.1, -0.05) is 11.2 Å². The van der Waals surface area contributed by atoms with Crippen LogP contribution in [0.15, 0.2) is 28.8 Å². The highest BCUT2D eigenvalue weighted by molar-refractivity contribution is 5.96. The first-order valence-corrected chi connectivity index (χ1v) is 6.27. The average molecular weight is 310 g/mol. The number of rotatable bonds is 4. The smallest absolute Gasteiger partial charge is 0.377 e. The molecule has 2 rings (SSSR count). The van der Waals surface area contributed by atoms with E-state index in [1.165, 1.54) is 13.0 Å². The Labute approximate surface area is 124 Å². The molecule has 0 saturated carbocycles. The summed E-state index contributed by atoms with van der Waals surface area (Å²) in [4.78, 5) is 23.5. The lowest BCUT2D eigenvalue weighted by Gasteiger charge is -2.13. The topological polar surface area (TPSA) is 81.4 Å². The number of esters is 1. The number of hydrogen-bond acceptors (Lipinski definition) is 5. The fourth-order valence-corrected chi connectivity index (χ4v) is 1.57. The Morgan fingerprint density at radius 1 is 1.32 bits per heavy atom. The SMILES string of the molecule is Cc1cc(C(=O)O[C@H](C)C(=O)Nc2c(F)cccc2F)on1. The van der Waals surface area contributed by atoms with Gasteiger partial charge in [-0.3, -0.25) is 4.79 Å². The summed E-state index contributed by atoms with van der Waals surface area (Å²) >= 11 is 0. The molecular weight excluding hydrogens is 298 g/mol. The maximum absolute atomic E-state index is 13.4. The highest BCUT2D eigenvalue weighted by Crippen LogP contribution is 2.18. The van der Waals surface area contributed by atoms with Crippen LogP contribution in [0.5, 0.6) is 0 Å². The van der Waals surface area contributed by atoms with Crippen molar-refractivity contribution in [1.82, 2.24) is 5.16 Å². The highest BCUT2D eigenvalue weighted by atomic mass is 19.1. The third kappa shape index (κ3) is 3.46. The van der Waals surface area contributed by atoms with E-state index in [1.807, 2.05) is 5.32 Å². The van der Waals surface area contributed by atoms with Gasteiger partial charge >= 0.3 is 5.97 Å². The van der Waals surface area contributed by atoms with Crippen molar-refractivity contribution in [1.29, 1.82) is 0 Å². The van der Waals surface area contributed by atoms with E-state index in [9.17, 15) is 18.4 Å². The number of aryl methyl sites for hydroxylation is 1. The van der Waals surface area contributed by atoms with Crippen molar-refractivity contribution in [2.75, 3.05) is 5.32 Å². The van der Waals surface area contributed by atoms with Gasteiger partial charge in [0.15, 0.2) is 6.10 Å². The monoisotopic (exact) mass is 310 g/mol. The molecule has 0 unspecified atom stereocenters. The van der Waals surface area contributed by atoms with Gasteiger partial charge in [0.25, 0.3) is 5.91 Å². The van der Waals surface area contributed by atoms with E-state index in [0.717, 1.165) is 18.2 Å². The average Bonchev–Trinajstić information content (AvgIpc) is 2.89. The molecular formula is C14H12F2N2O4. The molecule has 0 radical (unpaired) electrons. The second-order valence-electron chi connectivity index (χ2n) is 4.47. The standard InChI is InChI=1S/C14H12F2N2O4/c1-7-6-11(22-18-7)14(20)21-8(2)13(19)17-12-9(15)4-3-5-10(12)16/h3-6,8H,1-2H3,(H,17,19)/t8-/m1/s1. The van der Waals surface area contributed by atoms with E-state index >= 15 is 0 Å². The minimum Gasteiger partial charge on any atom is -0.447 e. The minimum atomic E-state index is -1.28. The molecule has 0 aliphatic heterocycles. The first-order chi connectivity index (χ1) is 10.4. The molecule has 0 spiro atoms. The largest absolute Gasteiger partial charge is 0.447 e. The Morgan fingerprint density at radius 3 is 2.50 bits per heavy atom. The van der Waals surface area contributed by atoms with Gasteiger partial charge in [-0.2, -0.15) is 0 Å². The number of benzene rings is 1. The van der Waals surface area contributed by atoms with Crippen molar-refractivity contribution in [3.63, 3.8) is 0 Å². The number of nitrogens with one attached hydrogen (secondary N) is 1. The Bertz CT molecular complexity index is 694. The van der Waals surface area contributed by atoms with Crippen molar-refractivity contribution in [3.05, 3.63) is 47.4 Å². The Hall–Kier alpha value is -2.77. The highest BCUT2D eigenvalue weighted by Gasteiger charge is 2.23. The molecule has 0 bridgehead atoms. The first-order valence-electron chi connectivity index (χ1n) is 6.27. The predicted molar refractivity (Wildman–Crippen MR) is 71.1 cm³/mol. The van der Waals surface area contributed by atoms with Crippen LogP contribution in [0.1, 0.15) is 23.2 Å². The molecule has 1 amide bonds. The summed E-state index contributed by atoms with van der Waals surface area (Å²) < 4.78 is 36.4. The molecule has 8 heteroatoms. The molecule has 2 aromatic rings. The number of carbonyl (C=O) groups is 2. The Balaban J connectivity index is 2.02. The summed E-state index contributed by atoms with van der Waals surface area (Å²) in [5.41, 5.74) is -0.136. The number of ether oxygens (including phenoxy) is 1. The van der Waals surface area contributed by atoms with Crippen LogP contribution in [0.3, 0.4) is 0 Å². The van der Waals surface area contributed by atoms with Gasteiger partial charge in [0.1, 0.15) is 17.3 Å². The number of nitrogens with zero attached hydrogens (tertiary/aromatic N) is 1. The summed E-state index contributed by atoms with van der Waals surface area (Å²) in [5.74, 6) is -3.82. The summed E-state index contributed by atoms with van der Waals surface area (Å²) in [6.07, 6.45) is -1.28. The van der Waals surface area contributed by atoms with E-state index in [1.54, 1.807) is 6.92 Å². The van der Waals surface area contributed by atoms with Gasteiger partial charge in [0.05, 0.1) is 5.69 Å². The van der Waals surface area contributed by atoms with E-state index in [0.29, 0.717) is 5.69 Å². The van der Waals surface area contributed by atoms with Crippen LogP contribution in [0.25, 0.3) is 0 Å². The zero-order valence-corrected chi connectivity index (χ0v) is 11.7. The van der Waals surface area contributed by atoms with Gasteiger partial charge in [-0.25, -0.2) is 13.6 Å². The lowest BCUT2D eigenvalue weighted by Crippen LogP contribution is -2.30. The molecule has 1 aromatic heterocycles. The van der Waals surface area contributed by atoms with E-state index in [2.05, 4.69) is 9.68 Å². The molecule has 0 aliphatic carbocycles. The summed E-state index contributed by atoms with van der Waals surface area (Å²) in [6, 6.07) is 4.48. The van der Waals surface area contributed by atoms with Gasteiger partial charge < -0.3 is 14.6 Å². The number of halogens is 2. The molecule has 116 valence electrons. The van der Waals surface area contributed by atoms with Crippen molar-refractivity contribution in [3.8, 4) is 0 Å². The molecule has 22 heavy (non-hydrogen) atoms. The Kier molecular flexibility index (Phi) is 4.50. The van der Waals surface area contributed by atoms with Crippen molar-refractivity contribution < 1.29 is 27.6 Å². The number of aromatic nitrogens is 1. The van der Waals surface area contributed by atoms with Crippen LogP contribution in [-0.4, -0.2) is 23.1 Å². The first kappa shape index (κ1) is 15.6. The molecule has 0 saturated heterocycles. The van der Waals surface area contributed by atoms with Gasteiger partial charge in [0.2, 0.25) is 5.76 Å². The van der Waals surface area contributed by atoms with Gasteiger partial charge in [-0.15, -0.1) is 0 Å². The third-order valence-electron chi connectivity index (χ3n) is 2.69. The van der Waals surface area contributed by atoms with Crippen molar-refractivity contribution in [2.24, 2.45) is 0 Å². The van der Waals surface area contributed by atoms with Crippen LogP contribution in [0.2, 0.25) is 0 Å². The van der Waals surface area contributed by atoms with Crippen LogP contribution in [0, 0.1) is 18.6 Å². The normalized spacial score (nSPS) is 11.8. The number of amides is 1. The maximum atomic E-state index is 13.4. The lowest BCUT2D eigenvalue weighted by molar-refractivity contribution is -0.123. The molecule has 6 nitrogen and oxygen atoms in total. The molecule has 1 heterocycles. The minimum absolute atomic E-state index is 0.172. The fraction of sp³-hybridized carbons (Fsp3) is 0.214. The molecule has 1 aromatic carbocycles. The van der Waals surface area contributed by atoms with Crippen LogP contribution < -0.4 is 5.32 Å². The number of hydrogen-bond donors (Lipinski definition) is 1. The Morgan fingerprint density at radius 2 is 1.95 bits per heavy atom. The van der Waals surface area contributed by atoms with Crippen molar-refractivity contribution in [2.45, 2.75) is 20.0 Å². The number of para-hydroxylation sites is 1. The molecule has 0 aliphatic rings. The van der Waals surface area contributed by atoms with Gasteiger partial charge in [-0.05, 0) is 26.0 Å². The maximum Gasteiger partial charge on any atom is 0.377 e. The molecule has 1 N–H and O–H groups in total. The van der Waals surface area contributed by atoms with Gasteiger partial charge in [0, 0.05) is 6.07 Å². The van der Waals surface area contributed by atoms with E-state index in [4.69, 9.17) is 4.74 Å². The zero-order valence-electron chi connectivity index (χ0n) is 11.7. The summed E-state index contributed by atoms with van der Waals surface area (Å²) in [7, 11) is 0. The quantitative estimate of drug-likeness (QED) is 0.877. The molecule has 1 atom stereocenters. The lowest BCUT2D eigenvalue weighted by atomic mass is 10.2. The summed E-state index contributed by atoms with van der Waals surface area (Å²) in [6.45, 7) is 2.87. The van der Waals surface area contributed by atoms with Crippen LogP contribution in [-0.2, 0) is 9.53 Å². The van der Waals surface area contributed by atoms with E-state index in [-0.39, 0.29) is 5.76 Å². The number of carbonyl (C=O) groups excluding carboxylic acids is 2. The van der Waals surface area contributed by atoms with Crippen LogP contribution >= 0.6 is 0 Å². The second-order valence-corrected chi connectivity index (χ2v) is 4.47. The third-order valence-corrected chi connectivity index (χ3v) is 2.69. The number of anilines is 1. The summed E-state index contributed by atoms with van der Waals surface area (Å²) in [5, 5.41) is 5.53. The molecule has 0 fully saturated rings. The fourth-order valence-electron chi connectivity index (χ4n) is 1.57.